The number of nitrogens with zero attached hydrogens (tertiary/aromatic N) is 2. The molecule has 1 saturated heterocycles. The zero-order valence-corrected chi connectivity index (χ0v) is 63.2. The van der Waals surface area contributed by atoms with Crippen LogP contribution < -0.4 is 17.0 Å². The molecule has 0 aliphatic carbocycles. The lowest BCUT2D eigenvalue weighted by Gasteiger charge is -2.42. The van der Waals surface area contributed by atoms with E-state index in [9.17, 15) is 4.79 Å². The van der Waals surface area contributed by atoms with Crippen LogP contribution in [0.25, 0.3) is 0 Å². The Balaban J connectivity index is 0.0000922. The molecule has 97 heavy (non-hydrogen) atoms. The van der Waals surface area contributed by atoms with Gasteiger partial charge in [-0.3, -0.25) is 9.69 Å². The smallest absolute Gasteiger partial charge is 0.307 e. The standard InChI is InChI=1S/C72H143N2O22.BrH/c1-4-6-8-10-11-12-13-14-15-16-17-18-19-20-21-23-31-76-32-33-77-34-35-78-36-37-79-38-39-80-40-41-81-42-43-82-44-45-83-46-47-84-48-49-85-50-51-86-52-53-87-54-55-88-56-57-89-58-59-90-60-61-91-62-63-92-64-65-93-66-67-94-68-69-95-70-71-96-72(75)24-25-73-26-29-74(3,30-27-73)28-22-9-7-5-2;/h14-15H,4-13,16-71H2,1-3H3;1H/q+1;/p-1. The van der Waals surface area contributed by atoms with Gasteiger partial charge in [-0.1, -0.05) is 96.6 Å². The van der Waals surface area contributed by atoms with Crippen molar-refractivity contribution in [2.75, 3.05) is 317 Å². The summed E-state index contributed by atoms with van der Waals surface area (Å²) in [5.74, 6) is -0.165. The maximum atomic E-state index is 12.2. The van der Waals surface area contributed by atoms with Crippen LogP contribution in [0.5, 0.6) is 0 Å². The molecule has 1 fully saturated rings. The van der Waals surface area contributed by atoms with Crippen LogP contribution in [0.15, 0.2) is 12.2 Å². The number of likely N-dealkylation sites (N-methyl/N-ethyl adjacent to an activating group) is 1. The summed E-state index contributed by atoms with van der Waals surface area (Å²) >= 11 is 0. The van der Waals surface area contributed by atoms with Crippen LogP contribution in [0.1, 0.15) is 136 Å². The van der Waals surface area contributed by atoms with Crippen molar-refractivity contribution >= 4 is 5.97 Å². The lowest BCUT2D eigenvalue weighted by molar-refractivity contribution is -0.913. The van der Waals surface area contributed by atoms with Gasteiger partial charge in [-0.25, -0.2) is 0 Å². The Morgan fingerprint density at radius 1 is 0.289 bits per heavy atom. The lowest BCUT2D eigenvalue weighted by Crippen LogP contribution is -3.00. The summed E-state index contributed by atoms with van der Waals surface area (Å²) in [6.07, 6.45) is 28.9. The summed E-state index contributed by atoms with van der Waals surface area (Å²) in [5, 5.41) is 0. The van der Waals surface area contributed by atoms with E-state index in [0.717, 1.165) is 50.2 Å². The van der Waals surface area contributed by atoms with Crippen LogP contribution in [0, 0.1) is 0 Å². The number of unbranched alkanes of at least 4 members (excludes halogenated alkanes) is 15. The second-order valence-corrected chi connectivity index (χ2v) is 23.8. The van der Waals surface area contributed by atoms with Crippen molar-refractivity contribution in [3.63, 3.8) is 0 Å². The van der Waals surface area contributed by atoms with Crippen molar-refractivity contribution in [1.82, 2.24) is 4.90 Å². The van der Waals surface area contributed by atoms with E-state index < -0.39 is 0 Å². The molecule has 1 heterocycles. The first-order valence-corrected chi connectivity index (χ1v) is 37.5. The minimum absolute atomic E-state index is 0. The van der Waals surface area contributed by atoms with Crippen molar-refractivity contribution in [3.05, 3.63) is 12.2 Å². The SMILES string of the molecule is CCCCCCCCC=CCCCCCCCCOCCOCCOCCOCCOCCOCCOCCOCCOCCOCCOCCOCCOCCOCCOCCOCCOCCOCCOCCOCCOC(=O)CCN1CC[N+](C)(CCCCCC)CC1.[Br-]. The number of halogens is 1. The molecule has 1 aliphatic heterocycles. The Labute approximate surface area is 599 Å². The molecule has 0 spiro atoms. The molecular weight excluding hydrogens is 1320 g/mol. The Bertz CT molecular complexity index is 1520. The fourth-order valence-electron chi connectivity index (χ4n) is 9.62. The molecule has 0 aromatic rings. The molecule has 1 aliphatic rings. The maximum absolute atomic E-state index is 12.2. The first-order valence-electron chi connectivity index (χ1n) is 37.5. The minimum atomic E-state index is -0.165. The van der Waals surface area contributed by atoms with Crippen LogP contribution in [0.2, 0.25) is 0 Å². The third-order valence-electron chi connectivity index (χ3n) is 15.5. The van der Waals surface area contributed by atoms with E-state index in [1.165, 1.54) is 116 Å². The first kappa shape index (κ1) is 95.8. The molecule has 0 radical (unpaired) electrons. The highest BCUT2D eigenvalue weighted by molar-refractivity contribution is 5.69. The summed E-state index contributed by atoms with van der Waals surface area (Å²) in [7, 11) is 2.37. The lowest BCUT2D eigenvalue weighted by atomic mass is 10.1. The van der Waals surface area contributed by atoms with E-state index in [2.05, 4.69) is 37.9 Å². The second kappa shape index (κ2) is 83.8. The monoisotopic (exact) mass is 1470 g/mol. The zero-order chi connectivity index (χ0) is 68.6. The second-order valence-electron chi connectivity index (χ2n) is 23.8. The summed E-state index contributed by atoms with van der Waals surface area (Å²) in [6.45, 7) is 31.4. The van der Waals surface area contributed by atoms with E-state index in [-0.39, 0.29) is 29.6 Å². The Morgan fingerprint density at radius 2 is 0.505 bits per heavy atom. The van der Waals surface area contributed by atoms with E-state index in [1.54, 1.807) is 0 Å². The number of carbonyl (C=O) groups excluding carboxylic acids is 1. The average molecular weight is 1470 g/mol. The van der Waals surface area contributed by atoms with Crippen LogP contribution in [-0.4, -0.2) is 333 Å². The number of allylic oxidation sites excluding steroid dienone is 2. The van der Waals surface area contributed by atoms with Crippen LogP contribution in [0.4, 0.5) is 0 Å². The van der Waals surface area contributed by atoms with Gasteiger partial charge in [0.25, 0.3) is 0 Å². The van der Waals surface area contributed by atoms with Gasteiger partial charge in [-0.2, -0.15) is 0 Å². The average Bonchev–Trinajstić information content (AvgIpc) is 0.911. The van der Waals surface area contributed by atoms with E-state index in [0.29, 0.717) is 264 Å². The maximum Gasteiger partial charge on any atom is 0.307 e. The summed E-state index contributed by atoms with van der Waals surface area (Å²) in [6, 6.07) is 0. The fourth-order valence-corrected chi connectivity index (χ4v) is 9.62. The normalized spacial score (nSPS) is 13.4. The number of rotatable bonds is 84. The van der Waals surface area contributed by atoms with Crippen LogP contribution in [0.3, 0.4) is 0 Å². The summed E-state index contributed by atoms with van der Waals surface area (Å²) in [5.41, 5.74) is 0. The zero-order valence-electron chi connectivity index (χ0n) is 61.6. The van der Waals surface area contributed by atoms with Crippen LogP contribution in [-0.2, 0) is 104 Å². The highest BCUT2D eigenvalue weighted by Gasteiger charge is 2.28. The van der Waals surface area contributed by atoms with Crippen molar-refractivity contribution in [2.45, 2.75) is 136 Å². The quantitative estimate of drug-likeness (QED) is 0.0312. The first-order chi connectivity index (χ1) is 47.6. The van der Waals surface area contributed by atoms with Gasteiger partial charge in [0.05, 0.1) is 291 Å². The van der Waals surface area contributed by atoms with E-state index >= 15 is 0 Å². The molecule has 580 valence electrons. The van der Waals surface area contributed by atoms with Gasteiger partial charge in [0, 0.05) is 26.2 Å². The number of esters is 1. The molecule has 25 heteroatoms. The van der Waals surface area contributed by atoms with E-state index in [1.807, 2.05) is 0 Å². The Morgan fingerprint density at radius 3 is 0.773 bits per heavy atom. The third-order valence-corrected chi connectivity index (χ3v) is 15.5. The number of carbonyl (C=O) groups is 1. The third kappa shape index (κ3) is 78.8. The highest BCUT2D eigenvalue weighted by atomic mass is 79.9. The largest absolute Gasteiger partial charge is 1.00 e. The van der Waals surface area contributed by atoms with Gasteiger partial charge in [0.2, 0.25) is 0 Å². The van der Waals surface area contributed by atoms with Crippen molar-refractivity contribution < 1.29 is 126 Å². The van der Waals surface area contributed by atoms with Crippen LogP contribution >= 0.6 is 0 Å². The van der Waals surface area contributed by atoms with Gasteiger partial charge >= 0.3 is 5.97 Å². The summed E-state index contributed by atoms with van der Waals surface area (Å²) < 4.78 is 118. The predicted molar refractivity (Wildman–Crippen MR) is 373 cm³/mol. The Hall–Kier alpha value is -1.19. The topological polar surface area (TPSA) is 214 Å². The molecule has 24 nitrogen and oxygen atoms in total. The van der Waals surface area contributed by atoms with Gasteiger partial charge in [-0.15, -0.1) is 0 Å². The molecular formula is C72H143BrN2O22. The van der Waals surface area contributed by atoms with Crippen molar-refractivity contribution in [1.29, 1.82) is 0 Å². The van der Waals surface area contributed by atoms with E-state index in [4.69, 9.17) is 99.5 Å². The van der Waals surface area contributed by atoms with Gasteiger partial charge in [0.15, 0.2) is 0 Å². The Kier molecular flexibility index (Phi) is 82.7. The number of piperazine rings is 1. The van der Waals surface area contributed by atoms with Gasteiger partial charge in [-0.05, 0) is 44.9 Å². The number of quaternary nitrogens is 1. The summed E-state index contributed by atoms with van der Waals surface area (Å²) in [4.78, 5) is 14.6. The van der Waals surface area contributed by atoms with Crippen molar-refractivity contribution in [3.8, 4) is 0 Å². The van der Waals surface area contributed by atoms with Crippen molar-refractivity contribution in [2.24, 2.45) is 0 Å². The number of hydrogen-bond donors (Lipinski definition) is 0. The molecule has 0 aromatic carbocycles. The van der Waals surface area contributed by atoms with Gasteiger partial charge < -0.3 is 121 Å². The molecule has 0 unspecified atom stereocenters. The van der Waals surface area contributed by atoms with Gasteiger partial charge in [0.1, 0.15) is 6.61 Å². The number of hydrogen-bond acceptors (Lipinski definition) is 23. The minimum Gasteiger partial charge on any atom is -1.00 e. The fraction of sp³-hybridized carbons (Fsp3) is 0.958. The molecule has 0 saturated carbocycles. The molecule has 1 rings (SSSR count). The molecule has 0 atom stereocenters. The molecule has 0 aromatic heterocycles. The molecule has 0 bridgehead atoms. The molecule has 0 amide bonds. The number of ether oxygens (including phenoxy) is 21. The molecule has 0 N–H and O–H groups in total. The predicted octanol–water partition coefficient (Wildman–Crippen LogP) is 5.64. The highest BCUT2D eigenvalue weighted by Crippen LogP contribution is 2.14.